The van der Waals surface area contributed by atoms with E-state index in [-0.39, 0.29) is 17.5 Å². The van der Waals surface area contributed by atoms with Gasteiger partial charge in [0.1, 0.15) is 5.82 Å². The number of thiazole rings is 1. The van der Waals surface area contributed by atoms with Crippen molar-refractivity contribution >= 4 is 33.8 Å². The minimum absolute atomic E-state index is 0.0267. The summed E-state index contributed by atoms with van der Waals surface area (Å²) in [5.74, 6) is -1.09. The normalized spacial score (nSPS) is 15.1. The van der Waals surface area contributed by atoms with Gasteiger partial charge in [-0.25, -0.2) is 4.98 Å². The number of alkyl halides is 3. The average molecular weight is 488 g/mol. The Bertz CT molecular complexity index is 1340. The van der Waals surface area contributed by atoms with Crippen LogP contribution >= 0.6 is 11.3 Å². The van der Waals surface area contributed by atoms with Crippen LogP contribution in [0.2, 0.25) is 0 Å². The quantitative estimate of drug-likeness (QED) is 0.458. The number of hydrogen-bond donors (Lipinski definition) is 1. The smallest absolute Gasteiger partial charge is 0.355 e. The van der Waals surface area contributed by atoms with Crippen molar-refractivity contribution in [3.63, 3.8) is 0 Å². The van der Waals surface area contributed by atoms with E-state index in [0.717, 1.165) is 16.8 Å². The lowest BCUT2D eigenvalue weighted by Crippen LogP contribution is -2.38. The van der Waals surface area contributed by atoms with E-state index in [1.54, 1.807) is 6.07 Å². The van der Waals surface area contributed by atoms with Crippen LogP contribution in [0.15, 0.2) is 41.8 Å². The van der Waals surface area contributed by atoms with Crippen LogP contribution in [0.3, 0.4) is 0 Å². The molecule has 1 fully saturated rings. The van der Waals surface area contributed by atoms with Crippen molar-refractivity contribution in [1.29, 1.82) is 0 Å². The van der Waals surface area contributed by atoms with Crippen LogP contribution in [-0.4, -0.2) is 43.8 Å². The summed E-state index contributed by atoms with van der Waals surface area (Å²) in [6, 6.07) is 11.0. The minimum Gasteiger partial charge on any atom is -0.355 e. The number of benzene rings is 1. The minimum atomic E-state index is -4.65. The molecule has 0 unspecified atom stereocenters. The van der Waals surface area contributed by atoms with Crippen molar-refractivity contribution in [3.05, 3.63) is 53.2 Å². The largest absolute Gasteiger partial charge is 0.453 e. The van der Waals surface area contributed by atoms with Crippen LogP contribution in [0.4, 0.5) is 24.1 Å². The Morgan fingerprint density at radius 3 is 2.62 bits per heavy atom. The van der Waals surface area contributed by atoms with Gasteiger partial charge in [0, 0.05) is 30.0 Å². The number of anilines is 2. The van der Waals surface area contributed by atoms with Crippen molar-refractivity contribution in [2.24, 2.45) is 5.92 Å². The highest BCUT2D eigenvalue weighted by Crippen LogP contribution is 2.30. The zero-order valence-corrected chi connectivity index (χ0v) is 18.9. The maximum absolute atomic E-state index is 13.1. The third-order valence-electron chi connectivity index (χ3n) is 5.85. The highest BCUT2D eigenvalue weighted by Gasteiger charge is 2.38. The summed E-state index contributed by atoms with van der Waals surface area (Å²) in [6.07, 6.45) is -3.54. The van der Waals surface area contributed by atoms with Crippen LogP contribution in [0.5, 0.6) is 0 Å². The van der Waals surface area contributed by atoms with Crippen molar-refractivity contribution in [2.45, 2.75) is 25.9 Å². The predicted molar refractivity (Wildman–Crippen MR) is 122 cm³/mol. The van der Waals surface area contributed by atoms with Crippen LogP contribution < -0.4 is 10.2 Å². The summed E-state index contributed by atoms with van der Waals surface area (Å²) < 4.78 is 40.1. The zero-order valence-electron chi connectivity index (χ0n) is 18.1. The van der Waals surface area contributed by atoms with E-state index in [2.05, 4.69) is 25.6 Å². The number of fused-ring (bicyclic) bond motifs is 1. The molecule has 0 radical (unpaired) electrons. The Hall–Kier alpha value is -3.54. The van der Waals surface area contributed by atoms with Gasteiger partial charge in [-0.05, 0) is 37.5 Å². The fraction of sp³-hybridized carbons (Fsp3) is 0.318. The first kappa shape index (κ1) is 22.3. The number of hydrogen-bond acceptors (Lipinski definition) is 7. The molecule has 0 spiro atoms. The molecule has 0 aliphatic carbocycles. The van der Waals surface area contributed by atoms with E-state index >= 15 is 0 Å². The molecule has 0 bridgehead atoms. The van der Waals surface area contributed by atoms with Gasteiger partial charge in [0.25, 0.3) is 5.82 Å². The molecule has 1 aliphatic heterocycles. The summed E-state index contributed by atoms with van der Waals surface area (Å²) in [7, 11) is 0. The van der Waals surface area contributed by atoms with Crippen molar-refractivity contribution in [2.75, 3.05) is 23.3 Å². The number of rotatable bonds is 4. The van der Waals surface area contributed by atoms with Gasteiger partial charge >= 0.3 is 6.18 Å². The number of piperidine rings is 1. The standard InChI is InChI=1S/C22H20F3N7OS/c1-13-4-2-3-5-15(13)16-12-34-21(26-16)27-19(33)14-8-10-31(11-9-14)18-7-6-17-28-29-20(22(23,24)25)32(17)30-18/h2-7,12,14H,8-11H2,1H3,(H,26,27,33). The fourth-order valence-corrected chi connectivity index (χ4v) is 4.73. The third-order valence-corrected chi connectivity index (χ3v) is 6.61. The molecule has 0 atom stereocenters. The maximum atomic E-state index is 13.1. The molecule has 34 heavy (non-hydrogen) atoms. The highest BCUT2D eigenvalue weighted by molar-refractivity contribution is 7.14. The monoisotopic (exact) mass is 487 g/mol. The Morgan fingerprint density at radius 2 is 1.88 bits per heavy atom. The van der Waals surface area contributed by atoms with Gasteiger partial charge in [0.05, 0.1) is 5.69 Å². The molecule has 1 aliphatic rings. The highest BCUT2D eigenvalue weighted by atomic mass is 32.1. The number of carbonyl (C=O) groups excluding carboxylic acids is 1. The molecular weight excluding hydrogens is 467 g/mol. The van der Waals surface area contributed by atoms with Crippen molar-refractivity contribution in [1.82, 2.24) is 24.8 Å². The second-order valence-corrected chi connectivity index (χ2v) is 8.94. The first-order valence-corrected chi connectivity index (χ1v) is 11.5. The van der Waals surface area contributed by atoms with E-state index in [1.165, 1.54) is 17.4 Å². The van der Waals surface area contributed by atoms with E-state index < -0.39 is 12.0 Å². The number of carbonyl (C=O) groups is 1. The lowest BCUT2D eigenvalue weighted by atomic mass is 9.96. The molecule has 12 heteroatoms. The Balaban J connectivity index is 1.23. The van der Waals surface area contributed by atoms with E-state index in [0.29, 0.717) is 41.4 Å². The van der Waals surface area contributed by atoms with Gasteiger partial charge in [-0.3, -0.25) is 4.79 Å². The van der Waals surface area contributed by atoms with E-state index in [4.69, 9.17) is 0 Å². The summed E-state index contributed by atoms with van der Waals surface area (Å²) in [6.45, 7) is 3.00. The summed E-state index contributed by atoms with van der Waals surface area (Å²) in [4.78, 5) is 19.2. The number of aromatic nitrogens is 5. The lowest BCUT2D eigenvalue weighted by molar-refractivity contribution is -0.146. The molecule has 1 amide bonds. The molecule has 1 N–H and O–H groups in total. The van der Waals surface area contributed by atoms with Crippen molar-refractivity contribution in [3.8, 4) is 11.3 Å². The number of nitrogens with one attached hydrogen (secondary N) is 1. The Kier molecular flexibility index (Phi) is 5.68. The number of halogens is 3. The summed E-state index contributed by atoms with van der Waals surface area (Å²) >= 11 is 1.38. The number of nitrogens with zero attached hydrogens (tertiary/aromatic N) is 6. The molecule has 4 aromatic rings. The van der Waals surface area contributed by atoms with Gasteiger partial charge in [0.2, 0.25) is 5.91 Å². The Labute approximate surface area is 196 Å². The molecule has 0 saturated carbocycles. The molecule has 176 valence electrons. The second kappa shape index (κ2) is 8.67. The van der Waals surface area contributed by atoms with E-state index in [1.807, 2.05) is 41.5 Å². The zero-order chi connectivity index (χ0) is 23.9. The fourth-order valence-electron chi connectivity index (χ4n) is 4.02. The molecule has 1 saturated heterocycles. The van der Waals surface area contributed by atoms with Gasteiger partial charge < -0.3 is 10.2 Å². The lowest BCUT2D eigenvalue weighted by Gasteiger charge is -2.31. The Morgan fingerprint density at radius 1 is 1.12 bits per heavy atom. The van der Waals surface area contributed by atoms with Crippen molar-refractivity contribution < 1.29 is 18.0 Å². The maximum Gasteiger partial charge on any atom is 0.453 e. The number of aryl methyl sites for hydroxylation is 1. The number of amides is 1. The summed E-state index contributed by atoms with van der Waals surface area (Å²) in [5.41, 5.74) is 2.98. The molecule has 1 aromatic carbocycles. The SMILES string of the molecule is Cc1ccccc1-c1csc(NC(=O)C2CCN(c3ccc4nnc(C(F)(F)F)n4n3)CC2)n1. The molecule has 4 heterocycles. The second-order valence-electron chi connectivity index (χ2n) is 8.09. The third kappa shape index (κ3) is 4.32. The predicted octanol–water partition coefficient (Wildman–Crippen LogP) is 4.43. The molecule has 5 rings (SSSR count). The van der Waals surface area contributed by atoms with Gasteiger partial charge in [0.15, 0.2) is 10.8 Å². The van der Waals surface area contributed by atoms with E-state index in [9.17, 15) is 18.0 Å². The molecule has 3 aromatic heterocycles. The van der Waals surface area contributed by atoms with Gasteiger partial charge in [-0.15, -0.1) is 26.6 Å². The topological polar surface area (TPSA) is 88.3 Å². The first-order chi connectivity index (χ1) is 16.3. The van der Waals surface area contributed by atoms with Crippen LogP contribution in [0, 0.1) is 12.8 Å². The van der Waals surface area contributed by atoms with Crippen LogP contribution in [-0.2, 0) is 11.0 Å². The van der Waals surface area contributed by atoms with Gasteiger partial charge in [-0.1, -0.05) is 24.3 Å². The average Bonchev–Trinajstić information content (AvgIpc) is 3.46. The molecular formula is C22H20F3N7OS. The van der Waals surface area contributed by atoms with Crippen LogP contribution in [0.1, 0.15) is 24.2 Å². The van der Waals surface area contributed by atoms with Gasteiger partial charge in [-0.2, -0.15) is 17.7 Å². The van der Waals surface area contributed by atoms with Crippen LogP contribution in [0.25, 0.3) is 16.9 Å². The summed E-state index contributed by atoms with van der Waals surface area (Å²) in [5, 5.41) is 16.2. The molecule has 8 nitrogen and oxygen atoms in total. The first-order valence-electron chi connectivity index (χ1n) is 10.7.